The maximum atomic E-state index is 10.4. The van der Waals surface area contributed by atoms with Crippen molar-refractivity contribution < 1.29 is 10.2 Å². The van der Waals surface area contributed by atoms with Gasteiger partial charge in [-0.15, -0.1) is 0 Å². The molecule has 174 valence electrons. The second kappa shape index (κ2) is 9.79. The molecule has 2 N–H and O–H groups in total. The summed E-state index contributed by atoms with van der Waals surface area (Å²) in [5, 5.41) is 20.5. The van der Waals surface area contributed by atoms with Gasteiger partial charge in [0.15, 0.2) is 0 Å². The lowest BCUT2D eigenvalue weighted by Gasteiger charge is -2.44. The zero-order valence-corrected chi connectivity index (χ0v) is 20.7. The summed E-state index contributed by atoms with van der Waals surface area (Å²) in [7, 11) is 0. The van der Waals surface area contributed by atoms with Gasteiger partial charge in [0.25, 0.3) is 0 Å². The lowest BCUT2D eigenvalue weighted by Crippen LogP contribution is -2.35. The molecular weight excluding hydrogens is 380 g/mol. The van der Waals surface area contributed by atoms with Gasteiger partial charge in [-0.25, -0.2) is 0 Å². The summed E-state index contributed by atoms with van der Waals surface area (Å²) in [6, 6.07) is 0. The second-order valence-corrected chi connectivity index (χ2v) is 11.4. The van der Waals surface area contributed by atoms with E-state index < -0.39 is 5.60 Å². The molecule has 3 fully saturated rings. The molecule has 0 spiro atoms. The van der Waals surface area contributed by atoms with Crippen LogP contribution in [0.1, 0.15) is 92.4 Å². The average molecular weight is 427 g/mol. The molecule has 0 radical (unpaired) electrons. The Hall–Kier alpha value is -1.12. The Morgan fingerprint density at radius 1 is 1.16 bits per heavy atom. The molecule has 31 heavy (non-hydrogen) atoms. The summed E-state index contributed by atoms with van der Waals surface area (Å²) < 4.78 is 0. The lowest BCUT2D eigenvalue weighted by molar-refractivity contribution is 0.0351. The van der Waals surface area contributed by atoms with Crippen molar-refractivity contribution in [2.24, 2.45) is 29.1 Å². The number of aliphatic hydroxyl groups is 2. The molecule has 0 aliphatic heterocycles. The van der Waals surface area contributed by atoms with Crippen molar-refractivity contribution in [2.75, 3.05) is 0 Å². The molecule has 3 aliphatic carbocycles. The highest BCUT2D eigenvalue weighted by molar-refractivity contribution is 5.36. The van der Waals surface area contributed by atoms with E-state index in [9.17, 15) is 10.2 Å². The standard InChI is InChI=1S/C29H46O2/c1-7-24(28(4,5)31)14-10-21(3)26-16-17-27-22(9-8-18-29(26,27)6)12-13-23-19-25(30)15-11-20(23)2/h10,12-14,21,24-27,30-31H,2,7-9,11,15-19H2,1,3-6H3/b14-10+,22-12+,23-13-/t21?,24?,25?,26-,27?,29-/m1/s1. The molecular formula is C29H46O2. The molecule has 4 unspecified atom stereocenters. The van der Waals surface area contributed by atoms with E-state index in [1.165, 1.54) is 43.3 Å². The summed E-state index contributed by atoms with van der Waals surface area (Å²) in [4.78, 5) is 0. The highest BCUT2D eigenvalue weighted by Gasteiger charge is 2.50. The zero-order chi connectivity index (χ0) is 22.8. The quantitative estimate of drug-likeness (QED) is 0.443. The fourth-order valence-electron chi connectivity index (χ4n) is 6.85. The summed E-state index contributed by atoms with van der Waals surface area (Å²) in [5.74, 6) is 2.14. The van der Waals surface area contributed by atoms with E-state index in [0.29, 0.717) is 23.2 Å². The van der Waals surface area contributed by atoms with Crippen LogP contribution >= 0.6 is 0 Å². The van der Waals surface area contributed by atoms with Crippen LogP contribution in [0, 0.1) is 29.1 Å². The number of hydrogen-bond acceptors (Lipinski definition) is 2. The van der Waals surface area contributed by atoms with Crippen LogP contribution in [-0.2, 0) is 0 Å². The molecule has 0 saturated heterocycles. The van der Waals surface area contributed by atoms with Crippen LogP contribution in [-0.4, -0.2) is 21.9 Å². The number of allylic oxidation sites excluding steroid dienone is 5. The van der Waals surface area contributed by atoms with Crippen LogP contribution < -0.4 is 0 Å². The van der Waals surface area contributed by atoms with Crippen molar-refractivity contribution in [3.8, 4) is 0 Å². The topological polar surface area (TPSA) is 40.5 Å². The van der Waals surface area contributed by atoms with Crippen LogP contribution in [0.2, 0.25) is 0 Å². The van der Waals surface area contributed by atoms with E-state index in [-0.39, 0.29) is 12.0 Å². The minimum atomic E-state index is -0.655. The van der Waals surface area contributed by atoms with Gasteiger partial charge in [-0.1, -0.05) is 62.8 Å². The molecule has 3 saturated carbocycles. The number of hydrogen-bond donors (Lipinski definition) is 2. The molecule has 0 bridgehead atoms. The predicted molar refractivity (Wildman–Crippen MR) is 132 cm³/mol. The van der Waals surface area contributed by atoms with Crippen molar-refractivity contribution in [1.29, 1.82) is 0 Å². The van der Waals surface area contributed by atoms with Gasteiger partial charge in [-0.3, -0.25) is 0 Å². The fraction of sp³-hybridized carbons (Fsp3) is 0.724. The molecule has 0 aromatic heterocycles. The summed E-state index contributed by atoms with van der Waals surface area (Å²) in [6.45, 7) is 15.2. The van der Waals surface area contributed by atoms with Gasteiger partial charge >= 0.3 is 0 Å². The Morgan fingerprint density at radius 2 is 1.90 bits per heavy atom. The summed E-state index contributed by atoms with van der Waals surface area (Å²) in [5.41, 5.74) is 3.79. The van der Waals surface area contributed by atoms with E-state index >= 15 is 0 Å². The first-order chi connectivity index (χ1) is 14.6. The number of fused-ring (bicyclic) bond motifs is 1. The minimum Gasteiger partial charge on any atom is -0.393 e. The first kappa shape index (κ1) is 24.5. The molecule has 0 heterocycles. The normalized spacial score (nSPS) is 36.9. The Kier molecular flexibility index (Phi) is 7.75. The molecule has 3 aliphatic rings. The molecule has 0 amide bonds. The van der Waals surface area contributed by atoms with Gasteiger partial charge in [0.1, 0.15) is 0 Å². The van der Waals surface area contributed by atoms with Crippen molar-refractivity contribution in [3.05, 3.63) is 47.6 Å². The molecule has 2 nitrogen and oxygen atoms in total. The van der Waals surface area contributed by atoms with Crippen molar-refractivity contribution in [2.45, 2.75) is 104 Å². The fourth-order valence-corrected chi connectivity index (χ4v) is 6.85. The zero-order valence-electron chi connectivity index (χ0n) is 20.7. The van der Waals surface area contributed by atoms with Gasteiger partial charge in [-0.05, 0) is 100 Å². The Labute approximate surface area is 191 Å². The third-order valence-electron chi connectivity index (χ3n) is 8.85. The second-order valence-electron chi connectivity index (χ2n) is 11.4. The SMILES string of the molecule is C=C1CCC(O)C/C1=C/C=C1\CCC[C@@]2(C)C1CC[C@@H]2C(C)/C=C/C(CC)C(C)(C)O. The summed E-state index contributed by atoms with van der Waals surface area (Å²) in [6.07, 6.45) is 19.1. The van der Waals surface area contributed by atoms with Crippen LogP contribution in [0.25, 0.3) is 0 Å². The van der Waals surface area contributed by atoms with Crippen molar-refractivity contribution in [3.63, 3.8) is 0 Å². The van der Waals surface area contributed by atoms with E-state index in [4.69, 9.17) is 0 Å². The predicted octanol–water partition coefficient (Wildman–Crippen LogP) is 7.15. The average Bonchev–Trinajstić information content (AvgIpc) is 3.05. The Balaban J connectivity index is 1.75. The number of rotatable bonds is 6. The van der Waals surface area contributed by atoms with Crippen LogP contribution in [0.3, 0.4) is 0 Å². The largest absolute Gasteiger partial charge is 0.393 e. The summed E-state index contributed by atoms with van der Waals surface area (Å²) >= 11 is 0. The third kappa shape index (κ3) is 5.45. The lowest BCUT2D eigenvalue weighted by atomic mass is 9.61. The molecule has 2 heteroatoms. The molecule has 0 aromatic rings. The Bertz CT molecular complexity index is 734. The molecule has 6 atom stereocenters. The maximum absolute atomic E-state index is 10.4. The van der Waals surface area contributed by atoms with Crippen LogP contribution in [0.4, 0.5) is 0 Å². The number of aliphatic hydroxyl groups excluding tert-OH is 1. The third-order valence-corrected chi connectivity index (χ3v) is 8.85. The first-order valence-corrected chi connectivity index (χ1v) is 12.7. The van der Waals surface area contributed by atoms with Gasteiger partial charge in [0.05, 0.1) is 11.7 Å². The smallest absolute Gasteiger partial charge is 0.0653 e. The molecule has 0 aromatic carbocycles. The Morgan fingerprint density at radius 3 is 2.58 bits per heavy atom. The van der Waals surface area contributed by atoms with Crippen LogP contribution in [0.15, 0.2) is 47.6 Å². The van der Waals surface area contributed by atoms with Crippen molar-refractivity contribution >= 4 is 0 Å². The highest BCUT2D eigenvalue weighted by atomic mass is 16.3. The maximum Gasteiger partial charge on any atom is 0.0653 e. The van der Waals surface area contributed by atoms with Crippen LogP contribution in [0.5, 0.6) is 0 Å². The van der Waals surface area contributed by atoms with Gasteiger partial charge in [0.2, 0.25) is 0 Å². The first-order valence-electron chi connectivity index (χ1n) is 12.7. The van der Waals surface area contributed by atoms with Crippen molar-refractivity contribution in [1.82, 2.24) is 0 Å². The van der Waals surface area contributed by atoms with E-state index in [0.717, 1.165) is 25.7 Å². The van der Waals surface area contributed by atoms with E-state index in [1.54, 1.807) is 5.57 Å². The van der Waals surface area contributed by atoms with E-state index in [2.05, 4.69) is 51.7 Å². The van der Waals surface area contributed by atoms with E-state index in [1.807, 2.05) is 13.8 Å². The highest BCUT2D eigenvalue weighted by Crippen LogP contribution is 2.59. The van der Waals surface area contributed by atoms with Gasteiger partial charge < -0.3 is 10.2 Å². The minimum absolute atomic E-state index is 0.203. The molecule has 3 rings (SSSR count). The van der Waals surface area contributed by atoms with Gasteiger partial charge in [-0.2, -0.15) is 0 Å². The van der Waals surface area contributed by atoms with Gasteiger partial charge in [0, 0.05) is 5.92 Å². The monoisotopic (exact) mass is 426 g/mol.